The van der Waals surface area contributed by atoms with Crippen molar-refractivity contribution >= 4 is 23.7 Å². The fourth-order valence-electron chi connectivity index (χ4n) is 3.74. The molecule has 0 spiro atoms. The summed E-state index contributed by atoms with van der Waals surface area (Å²) in [5.41, 5.74) is 1.72. The van der Waals surface area contributed by atoms with E-state index in [9.17, 15) is 18.8 Å². The molecule has 0 radical (unpaired) electrons. The third-order valence-corrected chi connectivity index (χ3v) is 6.12. The highest BCUT2D eigenvalue weighted by atomic mass is 19.1. The Morgan fingerprint density at radius 2 is 1.63 bits per heavy atom. The van der Waals surface area contributed by atoms with E-state index in [-0.39, 0.29) is 24.2 Å². The minimum absolute atomic E-state index is 0.0807. The summed E-state index contributed by atoms with van der Waals surface area (Å²) in [6.45, 7) is 5.51. The summed E-state index contributed by atoms with van der Waals surface area (Å²) in [5.74, 6) is -1.47. The number of carbonyl (C=O) groups excluding carboxylic acids is 3. The minimum atomic E-state index is -0.925. The van der Waals surface area contributed by atoms with Crippen LogP contribution in [0.1, 0.15) is 25.8 Å². The summed E-state index contributed by atoms with van der Waals surface area (Å²) in [5, 5.41) is 2.57. The number of piperazine rings is 1. The van der Waals surface area contributed by atoms with Gasteiger partial charge in [-0.15, -0.1) is 0 Å². The summed E-state index contributed by atoms with van der Waals surface area (Å²) in [4.78, 5) is 41.3. The van der Waals surface area contributed by atoms with Crippen molar-refractivity contribution in [2.45, 2.75) is 32.9 Å². The molecule has 2 aromatic rings. The monoisotopic (exact) mass is 485 g/mol. The maximum absolute atomic E-state index is 13.1. The highest BCUT2D eigenvalue weighted by Crippen LogP contribution is 2.17. The van der Waals surface area contributed by atoms with Gasteiger partial charge in [-0.05, 0) is 35.7 Å². The molecule has 0 saturated carbocycles. The van der Waals surface area contributed by atoms with E-state index in [0.717, 1.165) is 11.3 Å². The average Bonchev–Trinajstić information content (AvgIpc) is 2.89. The van der Waals surface area contributed by atoms with Crippen molar-refractivity contribution in [3.8, 4) is 0 Å². The Balaban J connectivity index is 1.45. The molecule has 1 saturated heterocycles. The molecule has 1 N–H and O–H groups in total. The molecule has 1 heterocycles. The third-order valence-electron chi connectivity index (χ3n) is 6.12. The molecule has 188 valence electrons. The third kappa shape index (κ3) is 7.70. The smallest absolute Gasteiger partial charge is 0.408 e. The van der Waals surface area contributed by atoms with Crippen molar-refractivity contribution in [3.05, 3.63) is 66.0 Å². The van der Waals surface area contributed by atoms with Crippen LogP contribution >= 0.6 is 0 Å². The van der Waals surface area contributed by atoms with Gasteiger partial charge in [0.1, 0.15) is 18.5 Å². The molecule has 2 amide bonds. The zero-order valence-electron chi connectivity index (χ0n) is 20.1. The normalized spacial score (nSPS) is 15.2. The number of halogens is 1. The van der Waals surface area contributed by atoms with Crippen molar-refractivity contribution in [2.75, 3.05) is 37.7 Å². The Bertz CT molecular complexity index is 978. The molecular formula is C26H32FN3O5. The second kappa shape index (κ2) is 12.7. The molecule has 35 heavy (non-hydrogen) atoms. The topological polar surface area (TPSA) is 88.2 Å². The highest BCUT2D eigenvalue weighted by Gasteiger charge is 2.29. The molecule has 0 aromatic heterocycles. The van der Waals surface area contributed by atoms with Crippen molar-refractivity contribution < 1.29 is 28.2 Å². The molecular weight excluding hydrogens is 453 g/mol. The Morgan fingerprint density at radius 3 is 2.26 bits per heavy atom. The predicted octanol–water partition coefficient (Wildman–Crippen LogP) is 3.36. The zero-order valence-corrected chi connectivity index (χ0v) is 20.1. The summed E-state index contributed by atoms with van der Waals surface area (Å²) >= 11 is 0. The number of benzene rings is 2. The summed E-state index contributed by atoms with van der Waals surface area (Å²) in [6, 6.07) is 14.5. The molecule has 9 heteroatoms. The molecule has 1 aliphatic heterocycles. The number of nitrogens with zero attached hydrogens (tertiary/aromatic N) is 2. The second-order valence-electron chi connectivity index (χ2n) is 8.52. The van der Waals surface area contributed by atoms with E-state index >= 15 is 0 Å². The van der Waals surface area contributed by atoms with Crippen LogP contribution in [0.15, 0.2) is 54.6 Å². The number of hydrogen-bond donors (Lipinski definition) is 1. The summed E-state index contributed by atoms with van der Waals surface area (Å²) in [7, 11) is 0. The van der Waals surface area contributed by atoms with Crippen LogP contribution in [0.4, 0.5) is 14.9 Å². The highest BCUT2D eigenvalue weighted by molar-refractivity contribution is 5.85. The van der Waals surface area contributed by atoms with Crippen LogP contribution in [0, 0.1) is 11.7 Å². The van der Waals surface area contributed by atoms with Crippen LogP contribution in [0.2, 0.25) is 0 Å². The number of rotatable bonds is 9. The number of hydrogen-bond acceptors (Lipinski definition) is 6. The van der Waals surface area contributed by atoms with Crippen molar-refractivity contribution in [2.24, 2.45) is 5.92 Å². The Labute approximate surface area is 205 Å². The average molecular weight is 486 g/mol. The first-order valence-electron chi connectivity index (χ1n) is 11.8. The molecule has 1 fully saturated rings. The molecule has 2 aromatic carbocycles. The fraction of sp³-hybridized carbons (Fsp3) is 0.423. The van der Waals surface area contributed by atoms with Gasteiger partial charge < -0.3 is 24.6 Å². The Kier molecular flexibility index (Phi) is 9.46. The molecule has 0 bridgehead atoms. The van der Waals surface area contributed by atoms with E-state index in [0.29, 0.717) is 32.6 Å². The van der Waals surface area contributed by atoms with Gasteiger partial charge >= 0.3 is 12.1 Å². The number of carbonyl (C=O) groups is 3. The van der Waals surface area contributed by atoms with E-state index in [4.69, 9.17) is 9.47 Å². The summed E-state index contributed by atoms with van der Waals surface area (Å²) < 4.78 is 23.6. The van der Waals surface area contributed by atoms with E-state index in [2.05, 4.69) is 10.2 Å². The zero-order chi connectivity index (χ0) is 25.2. The number of nitrogens with one attached hydrogen (secondary N) is 1. The quantitative estimate of drug-likeness (QED) is 0.548. The lowest BCUT2D eigenvalue weighted by atomic mass is 9.99. The lowest BCUT2D eigenvalue weighted by Crippen LogP contribution is -2.51. The van der Waals surface area contributed by atoms with Crippen LogP contribution < -0.4 is 10.2 Å². The van der Waals surface area contributed by atoms with Crippen molar-refractivity contribution in [3.63, 3.8) is 0 Å². The van der Waals surface area contributed by atoms with Gasteiger partial charge in [0.05, 0.1) is 0 Å². The van der Waals surface area contributed by atoms with E-state index in [1.165, 1.54) is 12.1 Å². The first-order valence-corrected chi connectivity index (χ1v) is 11.8. The SMILES string of the molecule is CC[C@@H](C)[C@@H](NC(=O)OCc1ccccc1)C(=O)OCC(=O)N1CCN(c2ccc(F)cc2)CC1. The fourth-order valence-corrected chi connectivity index (χ4v) is 3.74. The number of esters is 1. The Hall–Kier alpha value is -3.62. The molecule has 0 aliphatic carbocycles. The summed E-state index contributed by atoms with van der Waals surface area (Å²) in [6.07, 6.45) is -0.0998. The standard InChI is InChI=1S/C26H32FN3O5/c1-3-19(2)24(28-26(33)35-17-20-7-5-4-6-8-20)25(32)34-18-23(31)30-15-13-29(14-16-30)22-11-9-21(27)10-12-22/h4-12,19,24H,3,13-18H2,1-2H3,(H,28,33)/t19-,24-/m1/s1. The van der Waals surface area contributed by atoms with Crippen LogP contribution in [0.5, 0.6) is 0 Å². The number of anilines is 1. The molecule has 1 aliphatic rings. The predicted molar refractivity (Wildman–Crippen MR) is 129 cm³/mol. The van der Waals surface area contributed by atoms with Crippen LogP contribution in [0.25, 0.3) is 0 Å². The van der Waals surface area contributed by atoms with E-state index < -0.39 is 24.7 Å². The van der Waals surface area contributed by atoms with Crippen molar-refractivity contribution in [1.29, 1.82) is 0 Å². The molecule has 3 rings (SSSR count). The van der Waals surface area contributed by atoms with Gasteiger partial charge in [-0.3, -0.25) is 4.79 Å². The number of ether oxygens (including phenoxy) is 2. The van der Waals surface area contributed by atoms with Crippen LogP contribution in [-0.4, -0.2) is 61.7 Å². The first-order chi connectivity index (χ1) is 16.9. The van der Waals surface area contributed by atoms with Gasteiger partial charge in [-0.2, -0.15) is 0 Å². The van der Waals surface area contributed by atoms with Crippen LogP contribution in [0.3, 0.4) is 0 Å². The lowest BCUT2D eigenvalue weighted by Gasteiger charge is -2.36. The maximum atomic E-state index is 13.1. The Morgan fingerprint density at radius 1 is 0.971 bits per heavy atom. The minimum Gasteiger partial charge on any atom is -0.454 e. The maximum Gasteiger partial charge on any atom is 0.408 e. The van der Waals surface area contributed by atoms with E-state index in [1.807, 2.05) is 44.2 Å². The van der Waals surface area contributed by atoms with Gasteiger partial charge in [0.2, 0.25) is 0 Å². The van der Waals surface area contributed by atoms with Crippen LogP contribution in [-0.2, 0) is 25.7 Å². The molecule has 0 unspecified atom stereocenters. The van der Waals surface area contributed by atoms with Crippen molar-refractivity contribution in [1.82, 2.24) is 10.2 Å². The van der Waals surface area contributed by atoms with E-state index in [1.54, 1.807) is 17.0 Å². The molecule has 2 atom stereocenters. The first kappa shape index (κ1) is 26.0. The van der Waals surface area contributed by atoms with Gasteiger partial charge in [0.15, 0.2) is 6.61 Å². The van der Waals surface area contributed by atoms with Gasteiger partial charge in [-0.1, -0.05) is 50.6 Å². The second-order valence-corrected chi connectivity index (χ2v) is 8.52. The largest absolute Gasteiger partial charge is 0.454 e. The molecule has 8 nitrogen and oxygen atoms in total. The van der Waals surface area contributed by atoms with Gasteiger partial charge in [0.25, 0.3) is 5.91 Å². The van der Waals surface area contributed by atoms with Gasteiger partial charge in [0, 0.05) is 31.9 Å². The number of alkyl carbamates (subject to hydrolysis) is 1. The lowest BCUT2D eigenvalue weighted by molar-refractivity contribution is -0.154. The number of amides is 2. The van der Waals surface area contributed by atoms with Gasteiger partial charge in [-0.25, -0.2) is 14.0 Å².